The van der Waals surface area contributed by atoms with E-state index in [2.05, 4.69) is 6.92 Å². The predicted molar refractivity (Wildman–Crippen MR) is 60.0 cm³/mol. The number of benzene rings is 1. The van der Waals surface area contributed by atoms with Crippen LogP contribution in [0.5, 0.6) is 0 Å². The molecular formula is C11H16FNS. The van der Waals surface area contributed by atoms with Gasteiger partial charge in [0, 0.05) is 10.9 Å². The van der Waals surface area contributed by atoms with Crippen molar-refractivity contribution in [2.24, 2.45) is 5.73 Å². The minimum Gasteiger partial charge on any atom is -0.324 e. The lowest BCUT2D eigenvalue weighted by atomic mass is 10.1. The zero-order valence-corrected chi connectivity index (χ0v) is 9.40. The molecule has 0 aromatic heterocycles. The monoisotopic (exact) mass is 213 g/mol. The molecule has 0 saturated heterocycles. The number of hydrogen-bond donors (Lipinski definition) is 1. The summed E-state index contributed by atoms with van der Waals surface area (Å²) in [5, 5.41) is 0. The van der Waals surface area contributed by atoms with Crippen molar-refractivity contribution in [2.75, 3.05) is 5.75 Å². The van der Waals surface area contributed by atoms with Gasteiger partial charge in [-0.3, -0.25) is 0 Å². The van der Waals surface area contributed by atoms with Crippen molar-refractivity contribution in [3.8, 4) is 0 Å². The molecule has 0 saturated carbocycles. The Labute approximate surface area is 88.9 Å². The first kappa shape index (κ1) is 11.5. The molecule has 78 valence electrons. The number of rotatable bonds is 4. The molecule has 2 N–H and O–H groups in total. The Balaban J connectivity index is 2.90. The van der Waals surface area contributed by atoms with E-state index in [1.807, 2.05) is 13.0 Å². The van der Waals surface area contributed by atoms with Crippen LogP contribution in [0.3, 0.4) is 0 Å². The van der Waals surface area contributed by atoms with Crippen molar-refractivity contribution >= 4 is 11.8 Å². The van der Waals surface area contributed by atoms with Gasteiger partial charge in [0.05, 0.1) is 0 Å². The summed E-state index contributed by atoms with van der Waals surface area (Å²) in [6.45, 7) is 4.01. The second-order valence-electron chi connectivity index (χ2n) is 3.32. The summed E-state index contributed by atoms with van der Waals surface area (Å²) in [6.07, 6.45) is 1.11. The minimum absolute atomic E-state index is 0.106. The molecule has 0 fully saturated rings. The van der Waals surface area contributed by atoms with Gasteiger partial charge in [0.25, 0.3) is 0 Å². The fourth-order valence-corrected chi connectivity index (χ4v) is 2.22. The molecule has 14 heavy (non-hydrogen) atoms. The van der Waals surface area contributed by atoms with Gasteiger partial charge < -0.3 is 5.73 Å². The molecule has 0 aliphatic heterocycles. The van der Waals surface area contributed by atoms with Crippen LogP contribution in [-0.4, -0.2) is 5.75 Å². The highest BCUT2D eigenvalue weighted by Gasteiger charge is 2.08. The normalized spacial score (nSPS) is 12.9. The third-order valence-electron chi connectivity index (χ3n) is 1.92. The number of halogens is 1. The summed E-state index contributed by atoms with van der Waals surface area (Å²) in [5.41, 5.74) is 6.68. The fraction of sp³-hybridized carbons (Fsp3) is 0.455. The lowest BCUT2D eigenvalue weighted by Gasteiger charge is -2.11. The Bertz CT molecular complexity index is 299. The van der Waals surface area contributed by atoms with Crippen LogP contribution < -0.4 is 5.73 Å². The molecule has 1 atom stereocenters. The molecule has 3 heteroatoms. The van der Waals surface area contributed by atoms with Gasteiger partial charge in [-0.1, -0.05) is 6.92 Å². The highest BCUT2D eigenvalue weighted by molar-refractivity contribution is 7.99. The van der Waals surface area contributed by atoms with Crippen LogP contribution in [0.4, 0.5) is 4.39 Å². The highest BCUT2D eigenvalue weighted by Crippen LogP contribution is 2.27. The summed E-state index contributed by atoms with van der Waals surface area (Å²) in [7, 11) is 0. The maximum absolute atomic E-state index is 13.0. The summed E-state index contributed by atoms with van der Waals surface area (Å²) >= 11 is 1.74. The summed E-state index contributed by atoms with van der Waals surface area (Å²) in [4.78, 5) is 1.10. The van der Waals surface area contributed by atoms with E-state index in [9.17, 15) is 4.39 Å². The van der Waals surface area contributed by atoms with Crippen molar-refractivity contribution in [2.45, 2.75) is 31.2 Å². The molecule has 0 radical (unpaired) electrons. The smallest absolute Gasteiger partial charge is 0.123 e. The van der Waals surface area contributed by atoms with E-state index < -0.39 is 0 Å². The van der Waals surface area contributed by atoms with Gasteiger partial charge in [-0.05, 0) is 42.9 Å². The first-order chi connectivity index (χ1) is 6.65. The van der Waals surface area contributed by atoms with Crippen LogP contribution in [0, 0.1) is 5.82 Å². The molecule has 0 unspecified atom stereocenters. The fourth-order valence-electron chi connectivity index (χ4n) is 1.22. The van der Waals surface area contributed by atoms with Crippen molar-refractivity contribution in [1.29, 1.82) is 0 Å². The standard InChI is InChI=1S/C11H16FNS/c1-3-6-14-11-5-4-9(12)7-10(11)8(2)13/h4-5,7-8H,3,6,13H2,1-2H3/t8-/m0/s1. The Morgan fingerprint density at radius 3 is 2.79 bits per heavy atom. The Morgan fingerprint density at radius 1 is 1.50 bits per heavy atom. The van der Waals surface area contributed by atoms with Gasteiger partial charge in [-0.2, -0.15) is 0 Å². The maximum atomic E-state index is 13.0. The molecule has 1 rings (SSSR count). The third kappa shape index (κ3) is 3.00. The SMILES string of the molecule is CCCSc1ccc(F)cc1[C@H](C)N. The molecular weight excluding hydrogens is 197 g/mol. The van der Waals surface area contributed by atoms with Crippen LogP contribution in [0.25, 0.3) is 0 Å². The minimum atomic E-state index is -0.210. The van der Waals surface area contributed by atoms with Gasteiger partial charge in [-0.25, -0.2) is 4.39 Å². The lowest BCUT2D eigenvalue weighted by Crippen LogP contribution is -2.07. The average Bonchev–Trinajstić information content (AvgIpc) is 2.15. The Hall–Kier alpha value is -0.540. The predicted octanol–water partition coefficient (Wildman–Crippen LogP) is 3.35. The molecule has 1 aromatic rings. The topological polar surface area (TPSA) is 26.0 Å². The Morgan fingerprint density at radius 2 is 2.21 bits per heavy atom. The summed E-state index contributed by atoms with van der Waals surface area (Å²) in [5.74, 6) is 0.837. The maximum Gasteiger partial charge on any atom is 0.123 e. The van der Waals surface area contributed by atoms with Crippen molar-refractivity contribution in [3.63, 3.8) is 0 Å². The largest absolute Gasteiger partial charge is 0.324 e. The second kappa shape index (κ2) is 5.37. The van der Waals surface area contributed by atoms with Gasteiger partial charge in [0.1, 0.15) is 5.82 Å². The molecule has 0 amide bonds. The number of nitrogens with two attached hydrogens (primary N) is 1. The third-order valence-corrected chi connectivity index (χ3v) is 3.22. The lowest BCUT2D eigenvalue weighted by molar-refractivity contribution is 0.619. The molecule has 0 aliphatic rings. The molecule has 0 bridgehead atoms. The van der Waals surface area contributed by atoms with E-state index in [-0.39, 0.29) is 11.9 Å². The van der Waals surface area contributed by atoms with Crippen LogP contribution in [0.15, 0.2) is 23.1 Å². The van der Waals surface area contributed by atoms with Crippen LogP contribution in [-0.2, 0) is 0 Å². The Kier molecular flexibility index (Phi) is 4.42. The zero-order chi connectivity index (χ0) is 10.6. The first-order valence-electron chi connectivity index (χ1n) is 4.83. The second-order valence-corrected chi connectivity index (χ2v) is 4.46. The van der Waals surface area contributed by atoms with Gasteiger partial charge in [-0.15, -0.1) is 11.8 Å². The van der Waals surface area contributed by atoms with E-state index in [0.717, 1.165) is 22.6 Å². The number of thioether (sulfide) groups is 1. The van der Waals surface area contributed by atoms with Gasteiger partial charge in [0.15, 0.2) is 0 Å². The van der Waals surface area contributed by atoms with Crippen LogP contribution >= 0.6 is 11.8 Å². The van der Waals surface area contributed by atoms with Gasteiger partial charge >= 0.3 is 0 Å². The summed E-state index contributed by atoms with van der Waals surface area (Å²) < 4.78 is 13.0. The molecule has 1 aromatic carbocycles. The van der Waals surface area contributed by atoms with E-state index in [4.69, 9.17) is 5.73 Å². The molecule has 0 aliphatic carbocycles. The quantitative estimate of drug-likeness (QED) is 0.776. The number of hydrogen-bond acceptors (Lipinski definition) is 2. The van der Waals surface area contributed by atoms with Gasteiger partial charge in [0.2, 0.25) is 0 Å². The first-order valence-corrected chi connectivity index (χ1v) is 5.81. The van der Waals surface area contributed by atoms with Crippen LogP contribution in [0.1, 0.15) is 31.9 Å². The van der Waals surface area contributed by atoms with E-state index >= 15 is 0 Å². The average molecular weight is 213 g/mol. The van der Waals surface area contributed by atoms with E-state index in [0.29, 0.717) is 0 Å². The van der Waals surface area contributed by atoms with E-state index in [1.165, 1.54) is 12.1 Å². The zero-order valence-electron chi connectivity index (χ0n) is 8.59. The van der Waals surface area contributed by atoms with Crippen molar-refractivity contribution in [3.05, 3.63) is 29.6 Å². The highest BCUT2D eigenvalue weighted by atomic mass is 32.2. The van der Waals surface area contributed by atoms with Crippen molar-refractivity contribution in [1.82, 2.24) is 0 Å². The molecule has 0 heterocycles. The van der Waals surface area contributed by atoms with Crippen molar-refractivity contribution < 1.29 is 4.39 Å². The molecule has 0 spiro atoms. The van der Waals surface area contributed by atoms with E-state index in [1.54, 1.807) is 11.8 Å². The summed E-state index contributed by atoms with van der Waals surface area (Å²) in [6, 6.07) is 4.73. The van der Waals surface area contributed by atoms with Crippen LogP contribution in [0.2, 0.25) is 0 Å². The molecule has 1 nitrogen and oxygen atoms in total.